The molecule has 138 valence electrons. The zero-order valence-electron chi connectivity index (χ0n) is 15.4. The Hall–Kier alpha value is -3.35. The number of hydrogen-bond acceptors (Lipinski definition) is 6. The van der Waals surface area contributed by atoms with E-state index in [1.165, 1.54) is 6.07 Å². The van der Waals surface area contributed by atoms with E-state index >= 15 is 0 Å². The van der Waals surface area contributed by atoms with Crippen LogP contribution in [0.15, 0.2) is 50.7 Å². The molecule has 0 radical (unpaired) electrons. The van der Waals surface area contributed by atoms with E-state index in [0.717, 1.165) is 16.9 Å². The topological polar surface area (TPSA) is 92.7 Å². The summed E-state index contributed by atoms with van der Waals surface area (Å²) in [5, 5.41) is 18.3. The summed E-state index contributed by atoms with van der Waals surface area (Å²) in [6.07, 6.45) is 2.36. The Morgan fingerprint density at radius 3 is 2.78 bits per heavy atom. The van der Waals surface area contributed by atoms with Crippen molar-refractivity contribution in [3.8, 4) is 5.75 Å². The average molecular weight is 364 g/mol. The van der Waals surface area contributed by atoms with Gasteiger partial charge in [0, 0.05) is 31.3 Å². The zero-order valence-corrected chi connectivity index (χ0v) is 15.4. The van der Waals surface area contributed by atoms with E-state index in [-0.39, 0.29) is 17.4 Å². The Kier molecular flexibility index (Phi) is 4.07. The second-order valence-corrected chi connectivity index (χ2v) is 6.72. The molecule has 0 spiro atoms. The number of nitrogens with one attached hydrogen (secondary N) is 1. The molecule has 0 bridgehead atoms. The first-order valence-corrected chi connectivity index (χ1v) is 8.69. The van der Waals surface area contributed by atoms with E-state index in [9.17, 15) is 9.90 Å². The molecule has 4 rings (SSSR count). The molecule has 2 N–H and O–H groups in total. The Labute approximate surface area is 156 Å². The van der Waals surface area contributed by atoms with Crippen molar-refractivity contribution in [2.24, 2.45) is 12.0 Å². The molecule has 0 amide bonds. The number of rotatable bonds is 2. The van der Waals surface area contributed by atoms with Crippen LogP contribution in [0.3, 0.4) is 0 Å². The molecule has 2 aromatic heterocycles. The van der Waals surface area contributed by atoms with Crippen LogP contribution in [-0.2, 0) is 7.05 Å². The molecule has 0 saturated heterocycles. The lowest BCUT2D eigenvalue weighted by Crippen LogP contribution is -2.20. The average Bonchev–Trinajstić information content (AvgIpc) is 2.82. The molecule has 1 atom stereocenters. The van der Waals surface area contributed by atoms with Crippen LogP contribution in [0.25, 0.3) is 0 Å². The van der Waals surface area contributed by atoms with E-state index in [1.807, 2.05) is 44.4 Å². The highest BCUT2D eigenvalue weighted by atomic mass is 16.4. The Bertz CT molecular complexity index is 1110. The Balaban J connectivity index is 1.89. The minimum Gasteiger partial charge on any atom is -0.507 e. The molecular formula is C20H20N4O3. The third-order valence-electron chi connectivity index (χ3n) is 4.66. The molecule has 7 nitrogen and oxygen atoms in total. The van der Waals surface area contributed by atoms with Crippen LogP contribution in [0, 0.1) is 13.8 Å². The highest BCUT2D eigenvalue weighted by molar-refractivity contribution is 6.05. The standard InChI is InChI=1S/C20H20N4O3/c1-11-8-18(25)19(20(26)27-11)17-9-16(13-10-24(3)23-12(13)2)21-14-6-4-5-7-15(14)22-17/h4-8,10,16,21,25H,9H2,1-3H3/t16-/m1/s1. The SMILES string of the molecule is Cc1cc(O)c(C2=Nc3ccccc3N[C@@H](c3cn(C)nc3C)C2)c(=O)o1. The predicted octanol–water partition coefficient (Wildman–Crippen LogP) is 3.37. The van der Waals surface area contributed by atoms with Gasteiger partial charge in [0.15, 0.2) is 0 Å². The van der Waals surface area contributed by atoms with Crippen molar-refractivity contribution in [1.29, 1.82) is 0 Å². The van der Waals surface area contributed by atoms with Crippen molar-refractivity contribution in [3.05, 3.63) is 69.5 Å². The lowest BCUT2D eigenvalue weighted by Gasteiger charge is -2.18. The fourth-order valence-electron chi connectivity index (χ4n) is 3.48. The third kappa shape index (κ3) is 3.12. The van der Waals surface area contributed by atoms with Crippen LogP contribution in [0.5, 0.6) is 5.75 Å². The molecule has 0 fully saturated rings. The zero-order chi connectivity index (χ0) is 19.1. The van der Waals surface area contributed by atoms with Crippen LogP contribution in [0.2, 0.25) is 0 Å². The Morgan fingerprint density at radius 1 is 1.30 bits per heavy atom. The molecule has 0 saturated carbocycles. The second kappa shape index (κ2) is 6.42. The molecule has 7 heteroatoms. The lowest BCUT2D eigenvalue weighted by atomic mass is 9.98. The van der Waals surface area contributed by atoms with Gasteiger partial charge < -0.3 is 14.8 Å². The first-order valence-electron chi connectivity index (χ1n) is 8.69. The van der Waals surface area contributed by atoms with Gasteiger partial charge in [-0.3, -0.25) is 9.67 Å². The van der Waals surface area contributed by atoms with Gasteiger partial charge in [-0.25, -0.2) is 4.79 Å². The molecule has 0 aliphatic carbocycles. The van der Waals surface area contributed by atoms with E-state index in [0.29, 0.717) is 23.6 Å². The van der Waals surface area contributed by atoms with E-state index < -0.39 is 5.63 Å². The van der Waals surface area contributed by atoms with Crippen molar-refractivity contribution in [2.45, 2.75) is 26.3 Å². The minimum atomic E-state index is -0.590. The lowest BCUT2D eigenvalue weighted by molar-refractivity contribution is 0.432. The molecule has 3 aromatic rings. The summed E-state index contributed by atoms with van der Waals surface area (Å²) >= 11 is 0. The molecule has 0 unspecified atom stereocenters. The number of aliphatic imine (C=N–C) groups is 1. The minimum absolute atomic E-state index is 0.102. The second-order valence-electron chi connectivity index (χ2n) is 6.72. The van der Waals surface area contributed by atoms with Gasteiger partial charge in [0.2, 0.25) is 0 Å². The van der Waals surface area contributed by atoms with Crippen molar-refractivity contribution in [1.82, 2.24) is 9.78 Å². The van der Waals surface area contributed by atoms with Crippen molar-refractivity contribution in [2.75, 3.05) is 5.32 Å². The number of nitrogens with zero attached hydrogens (tertiary/aromatic N) is 3. The molecule has 1 aliphatic heterocycles. The molecule has 3 heterocycles. The number of para-hydroxylation sites is 2. The van der Waals surface area contributed by atoms with Crippen LogP contribution < -0.4 is 10.9 Å². The first kappa shape index (κ1) is 17.1. The maximum atomic E-state index is 12.5. The summed E-state index contributed by atoms with van der Waals surface area (Å²) in [6, 6.07) is 8.91. The van der Waals surface area contributed by atoms with E-state index in [2.05, 4.69) is 15.4 Å². The molecule has 1 aliphatic rings. The normalized spacial score (nSPS) is 16.3. The van der Waals surface area contributed by atoms with Gasteiger partial charge in [0.1, 0.15) is 17.1 Å². The van der Waals surface area contributed by atoms with Crippen molar-refractivity contribution < 1.29 is 9.52 Å². The van der Waals surface area contributed by atoms with Crippen LogP contribution in [0.1, 0.15) is 35.0 Å². The summed E-state index contributed by atoms with van der Waals surface area (Å²) in [5.74, 6) is 0.234. The number of aromatic nitrogens is 2. The number of benzene rings is 1. The Morgan fingerprint density at radius 2 is 2.07 bits per heavy atom. The maximum absolute atomic E-state index is 12.5. The van der Waals surface area contributed by atoms with Gasteiger partial charge in [-0.1, -0.05) is 12.1 Å². The summed E-state index contributed by atoms with van der Waals surface area (Å²) in [5.41, 5.74) is 3.46. The smallest absolute Gasteiger partial charge is 0.348 e. The monoisotopic (exact) mass is 364 g/mol. The third-order valence-corrected chi connectivity index (χ3v) is 4.66. The fraction of sp³-hybridized carbons (Fsp3) is 0.250. The molecule has 1 aromatic carbocycles. The van der Waals surface area contributed by atoms with Crippen molar-refractivity contribution >= 4 is 17.1 Å². The van der Waals surface area contributed by atoms with Crippen LogP contribution in [0.4, 0.5) is 11.4 Å². The van der Waals surface area contributed by atoms with Gasteiger partial charge in [0.05, 0.1) is 28.8 Å². The van der Waals surface area contributed by atoms with Crippen LogP contribution >= 0.6 is 0 Å². The summed E-state index contributed by atoms with van der Waals surface area (Å²) in [7, 11) is 1.87. The summed E-state index contributed by atoms with van der Waals surface area (Å²) in [4.78, 5) is 17.1. The predicted molar refractivity (Wildman–Crippen MR) is 103 cm³/mol. The summed E-state index contributed by atoms with van der Waals surface area (Å²) < 4.78 is 6.97. The number of hydrogen-bond donors (Lipinski definition) is 2. The van der Waals surface area contributed by atoms with E-state index in [1.54, 1.807) is 11.6 Å². The van der Waals surface area contributed by atoms with Gasteiger partial charge in [-0.2, -0.15) is 5.10 Å². The largest absolute Gasteiger partial charge is 0.507 e. The quantitative estimate of drug-likeness (QED) is 0.727. The molecule has 27 heavy (non-hydrogen) atoms. The highest BCUT2D eigenvalue weighted by Crippen LogP contribution is 2.36. The number of aryl methyl sites for hydroxylation is 3. The number of aromatic hydroxyl groups is 1. The van der Waals surface area contributed by atoms with E-state index in [4.69, 9.17) is 4.42 Å². The van der Waals surface area contributed by atoms with Crippen molar-refractivity contribution in [3.63, 3.8) is 0 Å². The number of fused-ring (bicyclic) bond motifs is 1. The van der Waals surface area contributed by atoms with Gasteiger partial charge in [-0.15, -0.1) is 0 Å². The van der Waals surface area contributed by atoms with Gasteiger partial charge in [0.25, 0.3) is 0 Å². The number of anilines is 1. The van der Waals surface area contributed by atoms with Gasteiger partial charge in [-0.05, 0) is 26.0 Å². The summed E-state index contributed by atoms with van der Waals surface area (Å²) in [6.45, 7) is 3.57. The highest BCUT2D eigenvalue weighted by Gasteiger charge is 2.27. The fourth-order valence-corrected chi connectivity index (χ4v) is 3.48. The molecular weight excluding hydrogens is 344 g/mol. The van der Waals surface area contributed by atoms with Gasteiger partial charge >= 0.3 is 5.63 Å². The first-order chi connectivity index (χ1) is 12.9. The maximum Gasteiger partial charge on any atom is 0.348 e. The van der Waals surface area contributed by atoms with Crippen LogP contribution in [-0.4, -0.2) is 20.6 Å².